The van der Waals surface area contributed by atoms with Crippen LogP contribution in [0.4, 0.5) is 0 Å². The molecule has 21 heavy (non-hydrogen) atoms. The number of hydrogen-bond donors (Lipinski definition) is 0. The fourth-order valence-electron chi connectivity index (χ4n) is 3.77. The van der Waals surface area contributed by atoms with E-state index in [9.17, 15) is 4.79 Å². The lowest BCUT2D eigenvalue weighted by Gasteiger charge is -2.27. The predicted molar refractivity (Wildman–Crippen MR) is 84.9 cm³/mol. The van der Waals surface area contributed by atoms with Gasteiger partial charge in [0.15, 0.2) is 0 Å². The fourth-order valence-corrected chi connectivity index (χ4v) is 3.77. The highest BCUT2D eigenvalue weighted by Gasteiger charge is 2.32. The average Bonchev–Trinajstić information content (AvgIpc) is 2.74. The van der Waals surface area contributed by atoms with Crippen LogP contribution in [-0.2, 0) is 9.63 Å². The van der Waals surface area contributed by atoms with E-state index in [2.05, 4.69) is 33.2 Å². The molecule has 2 saturated carbocycles. The summed E-state index contributed by atoms with van der Waals surface area (Å²) in [6, 6.07) is 0. The molecule has 0 N–H and O–H groups in total. The molecule has 2 rings (SSSR count). The molecule has 120 valence electrons. The average molecular weight is 295 g/mol. The molecule has 0 aromatic carbocycles. The molecule has 0 radical (unpaired) electrons. The number of rotatable bonds is 4. The summed E-state index contributed by atoms with van der Waals surface area (Å²) in [7, 11) is 6.68. The Labute approximate surface area is 129 Å². The maximum Gasteiger partial charge on any atom is 0.338 e. The van der Waals surface area contributed by atoms with Crippen LogP contribution in [0.2, 0.25) is 0 Å². The molecular weight excluding hydrogens is 264 g/mol. The van der Waals surface area contributed by atoms with Crippen LogP contribution < -0.4 is 0 Å². The summed E-state index contributed by atoms with van der Waals surface area (Å²) < 4.78 is 0.979. The molecule has 2 aliphatic rings. The number of carbonyl (C=O) groups is 1. The van der Waals surface area contributed by atoms with Gasteiger partial charge in [0.2, 0.25) is 0 Å². The van der Waals surface area contributed by atoms with Crippen LogP contribution in [0.15, 0.2) is 5.16 Å². The Kier molecular flexibility index (Phi) is 5.42. The Morgan fingerprint density at radius 1 is 1.24 bits per heavy atom. The summed E-state index contributed by atoms with van der Waals surface area (Å²) >= 11 is 0. The molecule has 0 spiro atoms. The van der Waals surface area contributed by atoms with Crippen molar-refractivity contribution in [3.63, 3.8) is 0 Å². The van der Waals surface area contributed by atoms with Crippen molar-refractivity contribution in [2.75, 3.05) is 27.7 Å². The third-order valence-electron chi connectivity index (χ3n) is 4.75. The molecule has 2 fully saturated rings. The topological polar surface area (TPSA) is 38.7 Å². The largest absolute Gasteiger partial charge is 0.338 e. The lowest BCUT2D eigenvalue weighted by atomic mass is 9.89. The van der Waals surface area contributed by atoms with Gasteiger partial charge in [0.05, 0.1) is 39.3 Å². The van der Waals surface area contributed by atoms with E-state index in [-0.39, 0.29) is 11.9 Å². The third-order valence-corrected chi connectivity index (χ3v) is 4.75. The maximum atomic E-state index is 12.0. The van der Waals surface area contributed by atoms with Gasteiger partial charge < -0.3 is 9.32 Å². The van der Waals surface area contributed by atoms with E-state index in [1.165, 1.54) is 6.42 Å². The van der Waals surface area contributed by atoms with Crippen molar-refractivity contribution in [2.45, 2.75) is 51.9 Å². The van der Waals surface area contributed by atoms with E-state index in [1.54, 1.807) is 0 Å². The van der Waals surface area contributed by atoms with Gasteiger partial charge in [-0.1, -0.05) is 31.3 Å². The van der Waals surface area contributed by atoms with Crippen molar-refractivity contribution in [2.24, 2.45) is 22.9 Å². The van der Waals surface area contributed by atoms with E-state index >= 15 is 0 Å². The highest BCUT2D eigenvalue weighted by Crippen LogP contribution is 2.30. The molecule has 0 saturated heterocycles. The summed E-state index contributed by atoms with van der Waals surface area (Å²) in [5, 5.41) is 4.22. The van der Waals surface area contributed by atoms with Crippen LogP contribution >= 0.6 is 0 Å². The number of hydrogen-bond acceptors (Lipinski definition) is 3. The number of quaternary nitrogens is 1. The van der Waals surface area contributed by atoms with E-state index < -0.39 is 0 Å². The smallest absolute Gasteiger partial charge is 0.331 e. The van der Waals surface area contributed by atoms with Gasteiger partial charge >= 0.3 is 5.97 Å². The Morgan fingerprint density at radius 2 is 1.90 bits per heavy atom. The summed E-state index contributed by atoms with van der Waals surface area (Å²) in [5.74, 6) is 1.08. The first kappa shape index (κ1) is 16.5. The molecule has 4 nitrogen and oxygen atoms in total. The first-order valence-corrected chi connectivity index (χ1v) is 8.43. The van der Waals surface area contributed by atoms with Crippen LogP contribution in [0.5, 0.6) is 0 Å². The normalized spacial score (nSPS) is 29.8. The minimum Gasteiger partial charge on any atom is -0.331 e. The maximum absolute atomic E-state index is 12.0. The molecule has 0 aromatic heterocycles. The van der Waals surface area contributed by atoms with Gasteiger partial charge in [0.1, 0.15) is 0 Å². The van der Waals surface area contributed by atoms with Crippen molar-refractivity contribution in [3.8, 4) is 0 Å². The molecule has 0 aromatic rings. The fraction of sp³-hybridized carbons (Fsp3) is 0.882. The summed E-state index contributed by atoms with van der Waals surface area (Å²) in [5.41, 5.74) is 1.08. The monoisotopic (exact) mass is 295 g/mol. The number of nitrogens with zero attached hydrogens (tertiary/aromatic N) is 2. The molecule has 0 heterocycles. The van der Waals surface area contributed by atoms with Crippen molar-refractivity contribution < 1.29 is 14.1 Å². The SMILES string of the molecule is C[C@@H]1C[C@H](C[N+](C)(C)C)C/C1=N\OC(=O)C1CCCCC1. The zero-order valence-electron chi connectivity index (χ0n) is 14.1. The first-order valence-electron chi connectivity index (χ1n) is 8.43. The lowest BCUT2D eigenvalue weighted by molar-refractivity contribution is -0.873. The van der Waals surface area contributed by atoms with Crippen LogP contribution in [-0.4, -0.2) is 43.9 Å². The quantitative estimate of drug-likeness (QED) is 0.454. The second-order valence-corrected chi connectivity index (χ2v) is 8.01. The van der Waals surface area contributed by atoms with Crippen molar-refractivity contribution >= 4 is 11.7 Å². The van der Waals surface area contributed by atoms with Gasteiger partial charge in [-0.15, -0.1) is 0 Å². The van der Waals surface area contributed by atoms with Crippen molar-refractivity contribution in [1.29, 1.82) is 0 Å². The molecule has 2 atom stereocenters. The lowest BCUT2D eigenvalue weighted by Crippen LogP contribution is -2.38. The molecule has 2 aliphatic carbocycles. The summed E-state index contributed by atoms with van der Waals surface area (Å²) in [6.45, 7) is 3.35. The van der Waals surface area contributed by atoms with Crippen LogP contribution in [0.3, 0.4) is 0 Å². The standard InChI is InChI=1S/C17H31N2O2/c1-13-10-14(12-19(2,3)4)11-16(13)18-21-17(20)15-8-6-5-7-9-15/h13-15H,5-12H2,1-4H3/q+1/b18-16+/t13-,14+/m1/s1. The van der Waals surface area contributed by atoms with Crippen molar-refractivity contribution in [1.82, 2.24) is 0 Å². The predicted octanol–water partition coefficient (Wildman–Crippen LogP) is 3.22. The molecule has 0 amide bonds. The van der Waals surface area contributed by atoms with Crippen LogP contribution in [0.1, 0.15) is 51.9 Å². The second-order valence-electron chi connectivity index (χ2n) is 8.01. The molecule has 4 heteroatoms. The van der Waals surface area contributed by atoms with Crippen LogP contribution in [0, 0.1) is 17.8 Å². The highest BCUT2D eigenvalue weighted by atomic mass is 16.7. The Balaban J connectivity index is 1.84. The highest BCUT2D eigenvalue weighted by molar-refractivity contribution is 5.88. The molecule has 0 bridgehead atoms. The minimum absolute atomic E-state index is 0.0850. The van der Waals surface area contributed by atoms with Gasteiger partial charge in [-0.2, -0.15) is 0 Å². The minimum atomic E-state index is -0.107. The third kappa shape index (κ3) is 5.10. The number of oxime groups is 1. The van der Waals surface area contributed by atoms with Gasteiger partial charge in [-0.05, 0) is 31.6 Å². The van der Waals surface area contributed by atoms with Crippen LogP contribution in [0.25, 0.3) is 0 Å². The number of carbonyl (C=O) groups excluding carboxylic acids is 1. The van der Waals surface area contributed by atoms with Gasteiger partial charge in [0, 0.05) is 5.92 Å². The zero-order chi connectivity index (χ0) is 15.5. The van der Waals surface area contributed by atoms with E-state index in [0.29, 0.717) is 11.8 Å². The van der Waals surface area contributed by atoms with Gasteiger partial charge in [0.25, 0.3) is 0 Å². The Bertz CT molecular complexity index is 392. The molecule has 0 aliphatic heterocycles. The second kappa shape index (κ2) is 6.91. The van der Waals surface area contributed by atoms with E-state index in [4.69, 9.17) is 4.84 Å². The molecular formula is C17H31N2O2+. The Hall–Kier alpha value is -0.900. The van der Waals surface area contributed by atoms with Crippen molar-refractivity contribution in [3.05, 3.63) is 0 Å². The first-order chi connectivity index (χ1) is 9.85. The van der Waals surface area contributed by atoms with E-state index in [1.807, 2.05) is 0 Å². The summed E-state index contributed by atoms with van der Waals surface area (Å²) in [4.78, 5) is 17.3. The van der Waals surface area contributed by atoms with Gasteiger partial charge in [-0.25, -0.2) is 4.79 Å². The zero-order valence-corrected chi connectivity index (χ0v) is 14.1. The van der Waals surface area contributed by atoms with Gasteiger partial charge in [-0.3, -0.25) is 0 Å². The van der Waals surface area contributed by atoms with E-state index in [0.717, 1.165) is 55.3 Å². The summed E-state index contributed by atoms with van der Waals surface area (Å²) in [6.07, 6.45) is 7.65. The molecule has 0 unspecified atom stereocenters. The Morgan fingerprint density at radius 3 is 2.52 bits per heavy atom.